The van der Waals surface area contributed by atoms with Gasteiger partial charge in [0.2, 0.25) is 6.71 Å². The van der Waals surface area contributed by atoms with Gasteiger partial charge in [0.25, 0.3) is 0 Å². The van der Waals surface area contributed by atoms with Gasteiger partial charge in [-0.3, -0.25) is 0 Å². The molecule has 2 aliphatic heterocycles. The van der Waals surface area contributed by atoms with E-state index < -0.39 is 0 Å². The van der Waals surface area contributed by atoms with Crippen molar-refractivity contribution in [2.45, 2.75) is 12.7 Å². The highest BCUT2D eigenvalue weighted by molar-refractivity contribution is 6.91. The summed E-state index contributed by atoms with van der Waals surface area (Å²) in [4.78, 5) is 0. The van der Waals surface area contributed by atoms with Gasteiger partial charge in [-0.05, 0) is 56.8 Å². The standard InChI is InChI=1S/C27H21BO2/c1-18-23-12-6-7-17-29-24-15-13-19-8-2-4-10-21(19)26(24)28(18)27-22-11-5-3-9-20(22)14-16-25(27)30-23/h2-16,18H,17H2,1H3/b7-6-,23-12?. The molecule has 0 amide bonds. The van der Waals surface area contributed by atoms with Crippen LogP contribution in [-0.2, 0) is 0 Å². The lowest BCUT2D eigenvalue weighted by molar-refractivity contribution is 0.365. The lowest BCUT2D eigenvalue weighted by Crippen LogP contribution is -2.51. The predicted molar refractivity (Wildman–Crippen MR) is 126 cm³/mol. The van der Waals surface area contributed by atoms with Crippen LogP contribution in [0.2, 0.25) is 5.82 Å². The summed E-state index contributed by atoms with van der Waals surface area (Å²) >= 11 is 0. The molecule has 2 nitrogen and oxygen atoms in total. The van der Waals surface area contributed by atoms with Gasteiger partial charge in [0, 0.05) is 5.82 Å². The summed E-state index contributed by atoms with van der Waals surface area (Å²) in [5.41, 5.74) is 2.51. The topological polar surface area (TPSA) is 18.5 Å². The summed E-state index contributed by atoms with van der Waals surface area (Å²) in [5.74, 6) is 3.08. The normalized spacial score (nSPS) is 18.6. The summed E-state index contributed by atoms with van der Waals surface area (Å²) in [5, 5.41) is 4.96. The molecule has 0 radical (unpaired) electrons. The van der Waals surface area contributed by atoms with E-state index in [-0.39, 0.29) is 12.5 Å². The molecular weight excluding hydrogens is 367 g/mol. The summed E-state index contributed by atoms with van der Waals surface area (Å²) in [7, 11) is 0. The highest BCUT2D eigenvalue weighted by Gasteiger charge is 2.40. The molecule has 2 bridgehead atoms. The summed E-state index contributed by atoms with van der Waals surface area (Å²) in [6.07, 6.45) is 6.18. The Morgan fingerprint density at radius 2 is 1.40 bits per heavy atom. The number of fused-ring (bicyclic) bond motifs is 10. The van der Waals surface area contributed by atoms with Crippen molar-refractivity contribution < 1.29 is 9.47 Å². The second-order valence-corrected chi connectivity index (χ2v) is 8.07. The van der Waals surface area contributed by atoms with E-state index in [1.165, 1.54) is 32.5 Å². The molecule has 0 saturated heterocycles. The SMILES string of the molecule is CC1B2c3c(ccc4ccccc34)OC/C=C\C=C1Oc1ccc3ccccc3c12. The lowest BCUT2D eigenvalue weighted by Gasteiger charge is -2.34. The van der Waals surface area contributed by atoms with Gasteiger partial charge in [-0.1, -0.05) is 73.7 Å². The molecule has 4 aromatic carbocycles. The average molecular weight is 388 g/mol. The fourth-order valence-electron chi connectivity index (χ4n) is 4.98. The number of hydrogen-bond acceptors (Lipinski definition) is 2. The minimum atomic E-state index is 0.138. The molecule has 3 heteroatoms. The van der Waals surface area contributed by atoms with Crippen LogP contribution in [0.25, 0.3) is 21.5 Å². The maximum Gasteiger partial charge on any atom is 0.231 e. The van der Waals surface area contributed by atoms with Gasteiger partial charge >= 0.3 is 0 Å². The quantitative estimate of drug-likeness (QED) is 0.385. The second kappa shape index (κ2) is 6.81. The Hall–Kier alpha value is -3.46. The van der Waals surface area contributed by atoms with Crippen molar-refractivity contribution in [1.82, 2.24) is 0 Å². The third-order valence-electron chi connectivity index (χ3n) is 6.39. The third kappa shape index (κ3) is 2.59. The zero-order chi connectivity index (χ0) is 20.1. The van der Waals surface area contributed by atoms with Crippen molar-refractivity contribution in [3.63, 3.8) is 0 Å². The molecule has 0 aromatic heterocycles. The number of rotatable bonds is 0. The third-order valence-corrected chi connectivity index (χ3v) is 6.39. The Morgan fingerprint density at radius 1 is 0.767 bits per heavy atom. The maximum atomic E-state index is 6.45. The Bertz CT molecular complexity index is 1350. The monoisotopic (exact) mass is 388 g/mol. The minimum Gasteiger partial charge on any atom is -0.490 e. The Labute approximate surface area is 176 Å². The highest BCUT2D eigenvalue weighted by Crippen LogP contribution is 2.36. The predicted octanol–water partition coefficient (Wildman–Crippen LogP) is 5.22. The van der Waals surface area contributed by atoms with E-state index in [4.69, 9.17) is 9.47 Å². The fraction of sp³-hybridized carbons (Fsp3) is 0.111. The van der Waals surface area contributed by atoms with Crippen LogP contribution in [0.1, 0.15) is 6.92 Å². The molecule has 30 heavy (non-hydrogen) atoms. The first-order valence-corrected chi connectivity index (χ1v) is 10.5. The van der Waals surface area contributed by atoms with Gasteiger partial charge in [0.15, 0.2) is 0 Å². The molecule has 0 aliphatic carbocycles. The van der Waals surface area contributed by atoms with Gasteiger partial charge in [-0.25, -0.2) is 0 Å². The summed E-state index contributed by atoms with van der Waals surface area (Å²) < 4.78 is 12.7. The van der Waals surface area contributed by atoms with E-state index in [1.54, 1.807) is 0 Å². The first-order chi connectivity index (χ1) is 14.8. The highest BCUT2D eigenvalue weighted by atomic mass is 16.5. The van der Waals surface area contributed by atoms with Crippen LogP contribution in [0.4, 0.5) is 0 Å². The molecule has 144 valence electrons. The molecule has 1 atom stereocenters. The van der Waals surface area contributed by atoms with E-state index in [0.29, 0.717) is 6.61 Å². The first-order valence-electron chi connectivity index (χ1n) is 10.5. The largest absolute Gasteiger partial charge is 0.490 e. The lowest BCUT2D eigenvalue weighted by atomic mass is 9.31. The zero-order valence-corrected chi connectivity index (χ0v) is 16.8. The van der Waals surface area contributed by atoms with E-state index >= 15 is 0 Å². The van der Waals surface area contributed by atoms with Gasteiger partial charge < -0.3 is 9.47 Å². The molecule has 0 N–H and O–H groups in total. The van der Waals surface area contributed by atoms with Gasteiger partial charge in [-0.15, -0.1) is 0 Å². The zero-order valence-electron chi connectivity index (χ0n) is 16.8. The Balaban J connectivity index is 1.76. The molecule has 2 heterocycles. The van der Waals surface area contributed by atoms with Crippen LogP contribution in [-0.4, -0.2) is 13.3 Å². The molecular formula is C27H21BO2. The van der Waals surface area contributed by atoms with Crippen LogP contribution in [0.15, 0.2) is 96.8 Å². The van der Waals surface area contributed by atoms with Crippen molar-refractivity contribution >= 4 is 39.2 Å². The van der Waals surface area contributed by atoms with E-state index in [2.05, 4.69) is 85.8 Å². The van der Waals surface area contributed by atoms with Gasteiger partial charge in [0.1, 0.15) is 23.9 Å². The van der Waals surface area contributed by atoms with Gasteiger partial charge in [-0.2, -0.15) is 0 Å². The van der Waals surface area contributed by atoms with Crippen molar-refractivity contribution in [2.75, 3.05) is 6.61 Å². The smallest absolute Gasteiger partial charge is 0.231 e. The van der Waals surface area contributed by atoms with E-state index in [1.807, 2.05) is 12.2 Å². The molecule has 1 unspecified atom stereocenters. The number of ether oxygens (including phenoxy) is 2. The molecule has 4 aromatic rings. The van der Waals surface area contributed by atoms with E-state index in [9.17, 15) is 0 Å². The van der Waals surface area contributed by atoms with Crippen LogP contribution < -0.4 is 20.4 Å². The van der Waals surface area contributed by atoms with Crippen LogP contribution in [0.3, 0.4) is 0 Å². The molecule has 2 aliphatic rings. The van der Waals surface area contributed by atoms with Crippen molar-refractivity contribution in [3.8, 4) is 11.5 Å². The number of hydrogen-bond donors (Lipinski definition) is 0. The molecule has 0 fully saturated rings. The molecule has 0 saturated carbocycles. The number of benzene rings is 4. The minimum absolute atomic E-state index is 0.138. The Kier molecular flexibility index (Phi) is 3.95. The van der Waals surface area contributed by atoms with Crippen LogP contribution >= 0.6 is 0 Å². The first kappa shape index (κ1) is 17.4. The molecule has 6 rings (SSSR count). The fourth-order valence-corrected chi connectivity index (χ4v) is 4.98. The van der Waals surface area contributed by atoms with Crippen LogP contribution in [0.5, 0.6) is 11.5 Å². The van der Waals surface area contributed by atoms with Crippen molar-refractivity contribution in [1.29, 1.82) is 0 Å². The number of allylic oxidation sites excluding steroid dienone is 3. The summed E-state index contributed by atoms with van der Waals surface area (Å²) in [6, 6.07) is 25.8. The molecule has 0 spiro atoms. The van der Waals surface area contributed by atoms with Gasteiger partial charge in [0.05, 0.1) is 0 Å². The second-order valence-electron chi connectivity index (χ2n) is 8.07. The summed E-state index contributed by atoms with van der Waals surface area (Å²) in [6.45, 7) is 2.94. The van der Waals surface area contributed by atoms with E-state index in [0.717, 1.165) is 17.3 Å². The average Bonchev–Trinajstić information content (AvgIpc) is 2.78. The Morgan fingerprint density at radius 3 is 2.13 bits per heavy atom. The maximum absolute atomic E-state index is 6.45. The van der Waals surface area contributed by atoms with Crippen LogP contribution in [0, 0.1) is 0 Å². The van der Waals surface area contributed by atoms with Crippen molar-refractivity contribution in [2.24, 2.45) is 0 Å². The van der Waals surface area contributed by atoms with Crippen molar-refractivity contribution in [3.05, 3.63) is 96.8 Å².